The molecule has 0 spiro atoms. The number of hydrogen-bond acceptors (Lipinski definition) is 3. The van der Waals surface area contributed by atoms with Crippen LogP contribution >= 0.6 is 0 Å². The highest BCUT2D eigenvalue weighted by atomic mass is 32.2. The molecule has 8 heteroatoms. The first kappa shape index (κ1) is 19.6. The monoisotopic (exact) mass is 415 g/mol. The SMILES string of the molecule is Cc1cc(C)c2cc(C(=O)N3CCN(S(=O)(=O)c4cccc(F)c4)CC3)[nH]c2c1. The molecule has 1 saturated heterocycles. The number of aromatic amines is 1. The molecule has 3 aromatic rings. The van der Waals surface area contributed by atoms with E-state index in [1.165, 1.54) is 22.5 Å². The molecule has 4 rings (SSSR count). The Kier molecular flexibility index (Phi) is 4.92. The molecule has 1 aliphatic rings. The van der Waals surface area contributed by atoms with Gasteiger partial charge in [0.1, 0.15) is 11.5 Å². The zero-order chi connectivity index (χ0) is 20.8. The van der Waals surface area contributed by atoms with E-state index in [1.807, 2.05) is 26.0 Å². The van der Waals surface area contributed by atoms with Gasteiger partial charge in [0, 0.05) is 37.1 Å². The van der Waals surface area contributed by atoms with E-state index in [1.54, 1.807) is 4.90 Å². The summed E-state index contributed by atoms with van der Waals surface area (Å²) in [5, 5.41) is 1.01. The van der Waals surface area contributed by atoms with E-state index < -0.39 is 15.8 Å². The summed E-state index contributed by atoms with van der Waals surface area (Å²) in [6, 6.07) is 10.9. The summed E-state index contributed by atoms with van der Waals surface area (Å²) >= 11 is 0. The number of halogens is 1. The van der Waals surface area contributed by atoms with Gasteiger partial charge >= 0.3 is 0 Å². The number of aromatic nitrogens is 1. The Bertz CT molecular complexity index is 1200. The first-order chi connectivity index (χ1) is 13.8. The van der Waals surface area contributed by atoms with Gasteiger partial charge in [0.15, 0.2) is 0 Å². The molecule has 1 aliphatic heterocycles. The van der Waals surface area contributed by atoms with Crippen molar-refractivity contribution in [2.24, 2.45) is 0 Å². The van der Waals surface area contributed by atoms with Crippen LogP contribution in [-0.2, 0) is 10.0 Å². The van der Waals surface area contributed by atoms with E-state index in [0.717, 1.165) is 28.1 Å². The van der Waals surface area contributed by atoms with Gasteiger partial charge in [-0.1, -0.05) is 12.1 Å². The lowest BCUT2D eigenvalue weighted by Crippen LogP contribution is -2.50. The van der Waals surface area contributed by atoms with Crippen LogP contribution in [0.1, 0.15) is 21.6 Å². The number of benzene rings is 2. The molecular weight excluding hydrogens is 393 g/mol. The quantitative estimate of drug-likeness (QED) is 0.715. The number of carbonyl (C=O) groups excluding carboxylic acids is 1. The van der Waals surface area contributed by atoms with Crippen LogP contribution in [0.25, 0.3) is 10.9 Å². The molecule has 1 fully saturated rings. The zero-order valence-electron chi connectivity index (χ0n) is 16.3. The molecule has 0 saturated carbocycles. The molecular formula is C21H22FN3O3S. The molecule has 0 aliphatic carbocycles. The third-order valence-corrected chi connectivity index (χ3v) is 7.17. The second kappa shape index (κ2) is 7.27. The highest BCUT2D eigenvalue weighted by molar-refractivity contribution is 7.89. The van der Waals surface area contributed by atoms with Gasteiger partial charge < -0.3 is 9.88 Å². The summed E-state index contributed by atoms with van der Waals surface area (Å²) in [4.78, 5) is 17.7. The summed E-state index contributed by atoms with van der Waals surface area (Å²) in [7, 11) is -3.78. The van der Waals surface area contributed by atoms with Gasteiger partial charge in [-0.25, -0.2) is 12.8 Å². The maximum atomic E-state index is 13.4. The summed E-state index contributed by atoms with van der Waals surface area (Å²) in [6.07, 6.45) is 0. The third kappa shape index (κ3) is 3.65. The van der Waals surface area contributed by atoms with Crippen LogP contribution in [0, 0.1) is 19.7 Å². The summed E-state index contributed by atoms with van der Waals surface area (Å²) in [5.41, 5.74) is 3.63. The normalized spacial score (nSPS) is 15.8. The standard InChI is InChI=1S/C21H22FN3O3S/c1-14-10-15(2)18-13-20(23-19(18)11-14)21(26)24-6-8-25(9-7-24)29(27,28)17-5-3-4-16(22)12-17/h3-5,10-13,23H,6-9H2,1-2H3. The maximum Gasteiger partial charge on any atom is 0.270 e. The van der Waals surface area contributed by atoms with E-state index >= 15 is 0 Å². The van der Waals surface area contributed by atoms with Gasteiger partial charge in [-0.05, 0) is 55.3 Å². The third-order valence-electron chi connectivity index (χ3n) is 5.28. The largest absolute Gasteiger partial charge is 0.351 e. The van der Waals surface area contributed by atoms with Gasteiger partial charge in [0.2, 0.25) is 10.0 Å². The molecule has 6 nitrogen and oxygen atoms in total. The van der Waals surface area contributed by atoms with Crippen LogP contribution in [0.5, 0.6) is 0 Å². The predicted octanol–water partition coefficient (Wildman–Crippen LogP) is 3.07. The highest BCUT2D eigenvalue weighted by Crippen LogP contribution is 2.23. The first-order valence-electron chi connectivity index (χ1n) is 9.41. The highest BCUT2D eigenvalue weighted by Gasteiger charge is 2.31. The van der Waals surface area contributed by atoms with Gasteiger partial charge in [-0.15, -0.1) is 0 Å². The van der Waals surface area contributed by atoms with E-state index in [-0.39, 0.29) is 37.0 Å². The van der Waals surface area contributed by atoms with Crippen molar-refractivity contribution in [1.82, 2.24) is 14.2 Å². The van der Waals surface area contributed by atoms with E-state index in [4.69, 9.17) is 0 Å². The number of fused-ring (bicyclic) bond motifs is 1. The minimum atomic E-state index is -3.78. The fourth-order valence-electron chi connectivity index (χ4n) is 3.79. The fraction of sp³-hybridized carbons (Fsp3) is 0.286. The lowest BCUT2D eigenvalue weighted by molar-refractivity contribution is 0.0693. The molecule has 2 heterocycles. The Morgan fingerprint density at radius 3 is 2.45 bits per heavy atom. The molecule has 2 aromatic carbocycles. The number of sulfonamides is 1. The number of nitrogens with zero attached hydrogens (tertiary/aromatic N) is 2. The summed E-state index contributed by atoms with van der Waals surface area (Å²) in [5.74, 6) is -0.745. The average Bonchev–Trinajstić information content (AvgIpc) is 3.12. The molecule has 0 radical (unpaired) electrons. The lowest BCUT2D eigenvalue weighted by Gasteiger charge is -2.33. The van der Waals surface area contributed by atoms with Gasteiger partial charge in [0.25, 0.3) is 5.91 Å². The van der Waals surface area contributed by atoms with Crippen molar-refractivity contribution < 1.29 is 17.6 Å². The Balaban J connectivity index is 1.50. The number of aryl methyl sites for hydroxylation is 2. The topological polar surface area (TPSA) is 73.5 Å². The number of piperazine rings is 1. The Morgan fingerprint density at radius 2 is 1.76 bits per heavy atom. The smallest absolute Gasteiger partial charge is 0.270 e. The first-order valence-corrected chi connectivity index (χ1v) is 10.8. The van der Waals surface area contributed by atoms with Crippen molar-refractivity contribution in [1.29, 1.82) is 0 Å². The van der Waals surface area contributed by atoms with Crippen molar-refractivity contribution in [2.75, 3.05) is 26.2 Å². The number of nitrogens with one attached hydrogen (secondary N) is 1. The second-order valence-corrected chi connectivity index (χ2v) is 9.32. The number of amides is 1. The van der Waals surface area contributed by atoms with Crippen molar-refractivity contribution in [3.63, 3.8) is 0 Å². The number of carbonyl (C=O) groups is 1. The number of H-pyrrole nitrogens is 1. The molecule has 1 amide bonds. The molecule has 29 heavy (non-hydrogen) atoms. The van der Waals surface area contributed by atoms with Crippen LogP contribution in [-0.4, -0.2) is 54.7 Å². The Labute approximate surface area is 169 Å². The zero-order valence-corrected chi connectivity index (χ0v) is 17.1. The Hall–Kier alpha value is -2.71. The van der Waals surface area contributed by atoms with Crippen LogP contribution < -0.4 is 0 Å². The van der Waals surface area contributed by atoms with Crippen molar-refractivity contribution in [3.8, 4) is 0 Å². The lowest BCUT2D eigenvalue weighted by atomic mass is 10.1. The fourth-order valence-corrected chi connectivity index (χ4v) is 5.25. The maximum absolute atomic E-state index is 13.4. The van der Waals surface area contributed by atoms with E-state index in [0.29, 0.717) is 5.69 Å². The Morgan fingerprint density at radius 1 is 1.03 bits per heavy atom. The van der Waals surface area contributed by atoms with Crippen LogP contribution in [0.2, 0.25) is 0 Å². The van der Waals surface area contributed by atoms with Gasteiger partial charge in [-0.2, -0.15) is 4.31 Å². The summed E-state index contributed by atoms with van der Waals surface area (Å²) in [6.45, 7) is 4.91. The van der Waals surface area contributed by atoms with E-state index in [9.17, 15) is 17.6 Å². The minimum absolute atomic E-state index is 0.0706. The molecule has 0 bridgehead atoms. The van der Waals surface area contributed by atoms with Gasteiger partial charge in [-0.3, -0.25) is 4.79 Å². The van der Waals surface area contributed by atoms with Crippen molar-refractivity contribution in [2.45, 2.75) is 18.7 Å². The van der Waals surface area contributed by atoms with Crippen molar-refractivity contribution in [3.05, 3.63) is 65.1 Å². The van der Waals surface area contributed by atoms with Crippen LogP contribution in [0.4, 0.5) is 4.39 Å². The number of hydrogen-bond donors (Lipinski definition) is 1. The minimum Gasteiger partial charge on any atom is -0.351 e. The van der Waals surface area contributed by atoms with Crippen LogP contribution in [0.15, 0.2) is 47.4 Å². The van der Waals surface area contributed by atoms with Crippen LogP contribution in [0.3, 0.4) is 0 Å². The molecule has 1 aromatic heterocycles. The molecule has 1 N–H and O–H groups in total. The summed E-state index contributed by atoms with van der Waals surface area (Å²) < 4.78 is 40.2. The predicted molar refractivity (Wildman–Crippen MR) is 109 cm³/mol. The average molecular weight is 415 g/mol. The van der Waals surface area contributed by atoms with Crippen molar-refractivity contribution >= 4 is 26.8 Å². The van der Waals surface area contributed by atoms with Gasteiger partial charge in [0.05, 0.1) is 4.90 Å². The molecule has 152 valence electrons. The van der Waals surface area contributed by atoms with E-state index in [2.05, 4.69) is 11.1 Å². The molecule has 0 atom stereocenters. The molecule has 0 unspecified atom stereocenters. The number of rotatable bonds is 3. The second-order valence-electron chi connectivity index (χ2n) is 7.38.